The lowest BCUT2D eigenvalue weighted by molar-refractivity contribution is 0.0697. The molecule has 1 saturated heterocycles. The van der Waals surface area contributed by atoms with Crippen LogP contribution < -0.4 is 0 Å². The molecule has 0 spiro atoms. The van der Waals surface area contributed by atoms with E-state index in [1.54, 1.807) is 18.2 Å². The molecule has 0 aliphatic carbocycles. The minimum Gasteiger partial charge on any atom is -0.478 e. The zero-order chi connectivity index (χ0) is 15.0. The van der Waals surface area contributed by atoms with Crippen LogP contribution in [0.5, 0.6) is 0 Å². The van der Waals surface area contributed by atoms with Gasteiger partial charge in [0.15, 0.2) is 0 Å². The van der Waals surface area contributed by atoms with Gasteiger partial charge in [0.25, 0.3) is 0 Å². The molecule has 1 N–H and O–H groups in total. The molecule has 0 radical (unpaired) electrons. The Morgan fingerprint density at radius 2 is 2.38 bits per heavy atom. The van der Waals surface area contributed by atoms with Crippen LogP contribution in [0.4, 0.5) is 0 Å². The number of hydrogen-bond acceptors (Lipinski definition) is 3. The van der Waals surface area contributed by atoms with Crippen molar-refractivity contribution >= 4 is 17.0 Å². The minimum absolute atomic E-state index is 0.261. The molecule has 0 saturated carbocycles. The van der Waals surface area contributed by atoms with Gasteiger partial charge >= 0.3 is 5.97 Å². The van der Waals surface area contributed by atoms with E-state index in [0.717, 1.165) is 42.9 Å². The van der Waals surface area contributed by atoms with E-state index in [0.29, 0.717) is 11.5 Å². The number of benzene rings is 1. The number of hydrogen-bond donors (Lipinski definition) is 1. The van der Waals surface area contributed by atoms with Gasteiger partial charge in [-0.25, -0.2) is 9.78 Å². The molecule has 2 unspecified atom stereocenters. The number of nitrogens with zero attached hydrogens (tertiary/aromatic N) is 2. The molecule has 1 aromatic carbocycles. The zero-order valence-corrected chi connectivity index (χ0v) is 12.4. The Hall–Kier alpha value is -1.88. The molecule has 3 rings (SSSR count). The van der Waals surface area contributed by atoms with E-state index >= 15 is 0 Å². The molecule has 5 nitrogen and oxygen atoms in total. The average molecular weight is 288 g/mol. The van der Waals surface area contributed by atoms with Crippen LogP contribution in [-0.4, -0.2) is 33.8 Å². The van der Waals surface area contributed by atoms with Crippen LogP contribution in [0.3, 0.4) is 0 Å². The van der Waals surface area contributed by atoms with Gasteiger partial charge in [-0.05, 0) is 31.5 Å². The van der Waals surface area contributed by atoms with E-state index in [4.69, 9.17) is 4.74 Å². The van der Waals surface area contributed by atoms with Gasteiger partial charge in [0.1, 0.15) is 5.82 Å². The van der Waals surface area contributed by atoms with Crippen LogP contribution >= 0.6 is 0 Å². The molecule has 2 aromatic rings. The first-order valence-corrected chi connectivity index (χ1v) is 7.43. The molecule has 2 atom stereocenters. The van der Waals surface area contributed by atoms with Crippen LogP contribution in [0.2, 0.25) is 0 Å². The van der Waals surface area contributed by atoms with Crippen LogP contribution in [0.25, 0.3) is 11.0 Å². The standard InChI is InChI=1S/C16H20N2O3/c1-3-15-17-13-5-4-11(16(19)20)8-14(13)18(15)10(2)12-6-7-21-9-12/h4-5,8,10,12H,3,6-7,9H2,1-2H3,(H,19,20). The van der Waals surface area contributed by atoms with Crippen molar-refractivity contribution in [3.8, 4) is 0 Å². The van der Waals surface area contributed by atoms with E-state index in [1.807, 2.05) is 0 Å². The lowest BCUT2D eigenvalue weighted by Gasteiger charge is -2.22. The van der Waals surface area contributed by atoms with Gasteiger partial charge in [-0.3, -0.25) is 0 Å². The summed E-state index contributed by atoms with van der Waals surface area (Å²) < 4.78 is 7.69. The number of ether oxygens (including phenoxy) is 1. The quantitative estimate of drug-likeness (QED) is 0.939. The SMILES string of the molecule is CCc1nc2ccc(C(=O)O)cc2n1C(C)C1CCOC1. The monoisotopic (exact) mass is 288 g/mol. The molecule has 1 aliphatic heterocycles. The fourth-order valence-corrected chi connectivity index (χ4v) is 3.12. The Kier molecular flexibility index (Phi) is 3.68. The minimum atomic E-state index is -0.903. The smallest absolute Gasteiger partial charge is 0.335 e. The van der Waals surface area contributed by atoms with Crippen LogP contribution in [0.15, 0.2) is 18.2 Å². The molecular formula is C16H20N2O3. The van der Waals surface area contributed by atoms with Crippen molar-refractivity contribution in [1.29, 1.82) is 0 Å². The highest BCUT2D eigenvalue weighted by Gasteiger charge is 2.26. The van der Waals surface area contributed by atoms with Gasteiger partial charge in [0.05, 0.1) is 23.2 Å². The molecular weight excluding hydrogens is 268 g/mol. The molecule has 1 aliphatic rings. The number of carboxylic acid groups (broad SMARTS) is 1. The summed E-state index contributed by atoms with van der Waals surface area (Å²) in [5, 5.41) is 9.20. The molecule has 5 heteroatoms. The molecule has 1 aromatic heterocycles. The van der Waals surface area contributed by atoms with Crippen molar-refractivity contribution in [1.82, 2.24) is 9.55 Å². The van der Waals surface area contributed by atoms with E-state index in [1.165, 1.54) is 0 Å². The van der Waals surface area contributed by atoms with Gasteiger partial charge in [0.2, 0.25) is 0 Å². The molecule has 0 amide bonds. The third-order valence-corrected chi connectivity index (χ3v) is 4.38. The van der Waals surface area contributed by atoms with E-state index < -0.39 is 5.97 Å². The Morgan fingerprint density at radius 3 is 3.00 bits per heavy atom. The molecule has 112 valence electrons. The van der Waals surface area contributed by atoms with Gasteiger partial charge in [-0.15, -0.1) is 0 Å². The largest absolute Gasteiger partial charge is 0.478 e. The maximum atomic E-state index is 11.2. The third kappa shape index (κ3) is 2.42. The summed E-state index contributed by atoms with van der Waals surface area (Å²) in [4.78, 5) is 15.9. The molecule has 21 heavy (non-hydrogen) atoms. The second kappa shape index (κ2) is 5.48. The highest BCUT2D eigenvalue weighted by atomic mass is 16.5. The predicted octanol–water partition coefficient (Wildman–Crippen LogP) is 2.89. The Morgan fingerprint density at radius 1 is 1.57 bits per heavy atom. The number of imidazole rings is 1. The van der Waals surface area contributed by atoms with Gasteiger partial charge in [-0.1, -0.05) is 6.92 Å². The molecule has 0 bridgehead atoms. The van der Waals surface area contributed by atoms with E-state index in [-0.39, 0.29) is 6.04 Å². The summed E-state index contributed by atoms with van der Waals surface area (Å²) in [7, 11) is 0. The Bertz CT molecular complexity index is 671. The first-order valence-electron chi connectivity index (χ1n) is 7.43. The number of fused-ring (bicyclic) bond motifs is 1. The number of aromatic nitrogens is 2. The first-order chi connectivity index (χ1) is 10.1. The van der Waals surface area contributed by atoms with Crippen molar-refractivity contribution in [3.63, 3.8) is 0 Å². The summed E-state index contributed by atoms with van der Waals surface area (Å²) in [5.74, 6) is 0.563. The molecule has 1 fully saturated rings. The summed E-state index contributed by atoms with van der Waals surface area (Å²) in [6, 6.07) is 5.41. The van der Waals surface area contributed by atoms with Gasteiger partial charge < -0.3 is 14.4 Å². The number of aromatic carboxylic acids is 1. The van der Waals surface area contributed by atoms with Crippen LogP contribution in [0.1, 0.15) is 42.5 Å². The third-order valence-electron chi connectivity index (χ3n) is 4.38. The van der Waals surface area contributed by atoms with Crippen LogP contribution in [-0.2, 0) is 11.2 Å². The number of rotatable bonds is 4. The maximum absolute atomic E-state index is 11.2. The first kappa shape index (κ1) is 14.1. The zero-order valence-electron chi connectivity index (χ0n) is 12.4. The number of carbonyl (C=O) groups is 1. The summed E-state index contributed by atoms with van der Waals surface area (Å²) >= 11 is 0. The van der Waals surface area contributed by atoms with Crippen molar-refractivity contribution in [2.24, 2.45) is 5.92 Å². The van der Waals surface area contributed by atoms with Crippen molar-refractivity contribution in [2.75, 3.05) is 13.2 Å². The topological polar surface area (TPSA) is 64.3 Å². The van der Waals surface area contributed by atoms with E-state index in [9.17, 15) is 9.90 Å². The maximum Gasteiger partial charge on any atom is 0.335 e. The second-order valence-electron chi connectivity index (χ2n) is 5.62. The number of carboxylic acids is 1. The predicted molar refractivity (Wildman–Crippen MR) is 79.7 cm³/mol. The second-order valence-corrected chi connectivity index (χ2v) is 5.62. The fraction of sp³-hybridized carbons (Fsp3) is 0.500. The van der Waals surface area contributed by atoms with Gasteiger partial charge in [0, 0.05) is 25.0 Å². The average Bonchev–Trinajstić information content (AvgIpc) is 3.12. The Labute approximate surface area is 123 Å². The van der Waals surface area contributed by atoms with Crippen molar-refractivity contribution in [2.45, 2.75) is 32.7 Å². The van der Waals surface area contributed by atoms with Crippen LogP contribution in [0, 0.1) is 5.92 Å². The lowest BCUT2D eigenvalue weighted by Crippen LogP contribution is -2.19. The Balaban J connectivity index is 2.13. The van der Waals surface area contributed by atoms with Crippen molar-refractivity contribution in [3.05, 3.63) is 29.6 Å². The molecule has 2 heterocycles. The van der Waals surface area contributed by atoms with Gasteiger partial charge in [-0.2, -0.15) is 0 Å². The highest BCUT2D eigenvalue weighted by Crippen LogP contribution is 2.31. The summed E-state index contributed by atoms with van der Waals surface area (Å²) in [6.45, 7) is 5.83. The summed E-state index contributed by atoms with van der Waals surface area (Å²) in [5.41, 5.74) is 2.08. The normalized spacial score (nSPS) is 20.0. The van der Waals surface area contributed by atoms with Crippen molar-refractivity contribution < 1.29 is 14.6 Å². The van der Waals surface area contributed by atoms with E-state index in [2.05, 4.69) is 23.4 Å². The summed E-state index contributed by atoms with van der Waals surface area (Å²) in [6.07, 6.45) is 1.87. The number of aryl methyl sites for hydroxylation is 1. The fourth-order valence-electron chi connectivity index (χ4n) is 3.12. The lowest BCUT2D eigenvalue weighted by atomic mass is 10.00. The highest BCUT2D eigenvalue weighted by molar-refractivity contribution is 5.92.